The molecule has 39 heavy (non-hydrogen) atoms. The normalized spacial score (nSPS) is 17.2. The first-order valence-corrected chi connectivity index (χ1v) is 12.2. The fraction of sp³-hybridized carbons (Fsp3) is 0.360. The molecule has 14 heteroatoms. The number of pyridine rings is 2. The van der Waals surface area contributed by atoms with E-state index in [1.165, 1.54) is 6.07 Å². The number of aliphatic hydroxyl groups excluding tert-OH is 1. The van der Waals surface area contributed by atoms with E-state index in [-0.39, 0.29) is 16.1 Å². The van der Waals surface area contributed by atoms with Crippen LogP contribution in [0.3, 0.4) is 0 Å². The summed E-state index contributed by atoms with van der Waals surface area (Å²) in [5.74, 6) is 0. The number of aliphatic hydroxyl groups is 1. The van der Waals surface area contributed by atoms with Crippen molar-refractivity contribution in [3.05, 3.63) is 71.2 Å². The van der Waals surface area contributed by atoms with Crippen LogP contribution in [0.4, 0.5) is 26.3 Å². The van der Waals surface area contributed by atoms with Crippen LogP contribution < -0.4 is 16.5 Å². The number of halogens is 6. The number of nitrogens with zero attached hydrogens (tertiary/aromatic N) is 3. The molecule has 0 radical (unpaired) electrons. The second-order valence-corrected chi connectivity index (χ2v) is 9.15. The van der Waals surface area contributed by atoms with Gasteiger partial charge in [0.15, 0.2) is 5.11 Å². The van der Waals surface area contributed by atoms with Gasteiger partial charge in [0.2, 0.25) is 0 Å². The maximum atomic E-state index is 13.2. The molecule has 1 fully saturated rings. The van der Waals surface area contributed by atoms with Gasteiger partial charge in [0.25, 0.3) is 0 Å². The van der Waals surface area contributed by atoms with Crippen molar-refractivity contribution in [1.82, 2.24) is 20.7 Å². The molecule has 7 nitrogen and oxygen atoms in total. The summed E-state index contributed by atoms with van der Waals surface area (Å²) in [7, 11) is 0. The second kappa shape index (κ2) is 12.7. The largest absolute Gasteiger partial charge is 0.433 e. The van der Waals surface area contributed by atoms with Crippen molar-refractivity contribution in [3.8, 4) is 0 Å². The molecule has 4 rings (SSSR count). The first-order valence-electron chi connectivity index (χ1n) is 11.8. The van der Waals surface area contributed by atoms with E-state index in [1.54, 1.807) is 12.4 Å². The van der Waals surface area contributed by atoms with Gasteiger partial charge in [0.1, 0.15) is 5.69 Å². The van der Waals surface area contributed by atoms with E-state index in [0.717, 1.165) is 30.2 Å². The molecule has 0 spiro atoms. The van der Waals surface area contributed by atoms with Gasteiger partial charge in [0.05, 0.1) is 22.9 Å². The van der Waals surface area contributed by atoms with Crippen LogP contribution in [0.15, 0.2) is 53.9 Å². The van der Waals surface area contributed by atoms with Crippen LogP contribution in [0, 0.1) is 0 Å². The number of alkyl halides is 6. The number of nitrogens with two attached hydrogens (primary N) is 1. The van der Waals surface area contributed by atoms with Crippen LogP contribution in [-0.2, 0) is 12.4 Å². The Morgan fingerprint density at radius 2 is 1.90 bits per heavy atom. The molecule has 2 atom stereocenters. The first kappa shape index (κ1) is 30.2. The summed E-state index contributed by atoms with van der Waals surface area (Å²) in [6.45, 7) is 2.44. The molecule has 210 valence electrons. The average molecular weight is 573 g/mol. The number of para-hydroxylation sites is 1. The number of hydrogen-bond donors (Lipinski definition) is 4. The maximum Gasteiger partial charge on any atom is 0.433 e. The third-order valence-corrected chi connectivity index (χ3v) is 6.02. The number of aromatic nitrogens is 2. The lowest BCUT2D eigenvalue weighted by atomic mass is 9.91. The molecule has 0 unspecified atom stereocenters. The fourth-order valence-corrected chi connectivity index (χ4v) is 4.08. The lowest BCUT2D eigenvalue weighted by Crippen LogP contribution is -2.39. The van der Waals surface area contributed by atoms with Crippen LogP contribution >= 0.6 is 12.2 Å². The summed E-state index contributed by atoms with van der Waals surface area (Å²) in [4.78, 5) is 7.18. The Balaban J connectivity index is 0.000000272. The van der Waals surface area contributed by atoms with Crippen LogP contribution in [0.25, 0.3) is 10.9 Å². The van der Waals surface area contributed by atoms with Crippen molar-refractivity contribution in [2.45, 2.75) is 50.7 Å². The topological polar surface area (TPSA) is 108 Å². The summed E-state index contributed by atoms with van der Waals surface area (Å²) >= 11 is 4.61. The Hall–Kier alpha value is -3.36. The Bertz CT molecular complexity index is 1310. The zero-order chi connectivity index (χ0) is 28.8. The quantitative estimate of drug-likeness (QED) is 0.149. The highest BCUT2D eigenvalue weighted by molar-refractivity contribution is 7.80. The molecule has 0 aliphatic carbocycles. The van der Waals surface area contributed by atoms with Gasteiger partial charge in [-0.05, 0) is 62.3 Å². The minimum absolute atomic E-state index is 0.132. The molecule has 0 bridgehead atoms. The van der Waals surface area contributed by atoms with Crippen LogP contribution in [0.5, 0.6) is 0 Å². The Labute approximate surface area is 225 Å². The van der Waals surface area contributed by atoms with Crippen molar-refractivity contribution < 1.29 is 31.4 Å². The van der Waals surface area contributed by atoms with E-state index in [9.17, 15) is 31.4 Å². The predicted octanol–water partition coefficient (Wildman–Crippen LogP) is 5.09. The Kier molecular flexibility index (Phi) is 9.80. The Morgan fingerprint density at radius 3 is 2.46 bits per heavy atom. The van der Waals surface area contributed by atoms with Gasteiger partial charge in [-0.1, -0.05) is 24.6 Å². The second-order valence-electron chi connectivity index (χ2n) is 8.71. The lowest BCUT2D eigenvalue weighted by Gasteiger charge is -2.29. The molecule has 1 aliphatic rings. The van der Waals surface area contributed by atoms with E-state index < -0.39 is 41.3 Å². The Morgan fingerprint density at radius 1 is 1.15 bits per heavy atom. The third kappa shape index (κ3) is 8.07. The van der Waals surface area contributed by atoms with E-state index >= 15 is 0 Å². The number of thiocarbonyl (C=S) groups is 1. The molecule has 0 amide bonds. The lowest BCUT2D eigenvalue weighted by molar-refractivity contribution is -0.142. The number of hydrogen-bond acceptors (Lipinski definition) is 6. The highest BCUT2D eigenvalue weighted by atomic mass is 32.1. The number of benzene rings is 1. The molecule has 1 saturated heterocycles. The number of rotatable bonds is 4. The minimum Gasteiger partial charge on any atom is -0.387 e. The van der Waals surface area contributed by atoms with Gasteiger partial charge in [-0.15, -0.1) is 0 Å². The standard InChI is InChI=1S/C17H16F6N2O.C8H10N4S/c18-16(19,20)11-5-3-4-9-10(15(26)12-6-1-2-7-24-12)8-13(17(21,22)23)25-14(9)11;1-6(11-12-8(9)13)7-3-2-4-10-5-7/h3-5,8,12,15,24,26H,1-2,6-7H2;2-5H,1H3,(H3,9,12,13)/b;11-6+/t12-,15+;/m0./s1. The van der Waals surface area contributed by atoms with E-state index in [4.69, 9.17) is 5.73 Å². The summed E-state index contributed by atoms with van der Waals surface area (Å²) in [6.07, 6.45) is -5.57. The van der Waals surface area contributed by atoms with Crippen LogP contribution in [0.1, 0.15) is 54.7 Å². The van der Waals surface area contributed by atoms with Gasteiger partial charge < -0.3 is 16.2 Å². The van der Waals surface area contributed by atoms with Crippen molar-refractivity contribution in [2.24, 2.45) is 10.8 Å². The molecule has 3 aromatic rings. The smallest absolute Gasteiger partial charge is 0.387 e. The molecule has 0 saturated carbocycles. The van der Waals surface area contributed by atoms with Gasteiger partial charge in [-0.25, -0.2) is 4.98 Å². The fourth-order valence-electron chi connectivity index (χ4n) is 4.04. The summed E-state index contributed by atoms with van der Waals surface area (Å²) in [6, 6.07) is 6.91. The number of nitrogens with one attached hydrogen (secondary N) is 2. The molecule has 1 aromatic carbocycles. The number of hydrazone groups is 1. The molecule has 5 N–H and O–H groups in total. The highest BCUT2D eigenvalue weighted by Gasteiger charge is 2.38. The average Bonchev–Trinajstić information content (AvgIpc) is 2.90. The predicted molar refractivity (Wildman–Crippen MR) is 139 cm³/mol. The summed E-state index contributed by atoms with van der Waals surface area (Å²) in [5, 5.41) is 17.6. The van der Waals surface area contributed by atoms with Gasteiger partial charge >= 0.3 is 12.4 Å². The molecule has 3 heterocycles. The summed E-state index contributed by atoms with van der Waals surface area (Å²) in [5.41, 5.74) is 5.74. The van der Waals surface area contributed by atoms with Crippen molar-refractivity contribution in [2.75, 3.05) is 6.54 Å². The first-order chi connectivity index (χ1) is 18.3. The van der Waals surface area contributed by atoms with Crippen LogP contribution in [0.2, 0.25) is 0 Å². The maximum absolute atomic E-state index is 13.2. The minimum atomic E-state index is -4.93. The zero-order valence-electron chi connectivity index (χ0n) is 20.6. The molecular formula is C25H26F6N6OS. The van der Waals surface area contributed by atoms with Gasteiger partial charge in [0, 0.05) is 29.4 Å². The SMILES string of the molecule is C/C(=N\NC(N)=S)c1cccnc1.O[C@H](c1cc(C(F)(F)F)nc2c(C(F)(F)F)cccc12)[C@@H]1CCCCN1. The number of piperidine rings is 1. The third-order valence-electron chi connectivity index (χ3n) is 5.93. The van der Waals surface area contributed by atoms with E-state index in [0.29, 0.717) is 25.1 Å². The van der Waals surface area contributed by atoms with Gasteiger partial charge in [-0.2, -0.15) is 31.4 Å². The van der Waals surface area contributed by atoms with E-state index in [1.807, 2.05) is 19.1 Å². The monoisotopic (exact) mass is 572 g/mol. The van der Waals surface area contributed by atoms with Crippen molar-refractivity contribution in [1.29, 1.82) is 0 Å². The zero-order valence-corrected chi connectivity index (χ0v) is 21.5. The molecule has 1 aliphatic heterocycles. The van der Waals surface area contributed by atoms with Crippen LogP contribution in [-0.4, -0.2) is 38.5 Å². The van der Waals surface area contributed by atoms with Crippen molar-refractivity contribution >= 4 is 33.9 Å². The van der Waals surface area contributed by atoms with Crippen molar-refractivity contribution in [3.63, 3.8) is 0 Å². The number of fused-ring (bicyclic) bond motifs is 1. The van der Waals surface area contributed by atoms with Gasteiger partial charge in [-0.3, -0.25) is 10.4 Å². The molecular weight excluding hydrogens is 546 g/mol. The summed E-state index contributed by atoms with van der Waals surface area (Å²) < 4.78 is 79.3. The highest BCUT2D eigenvalue weighted by Crippen LogP contribution is 2.39. The molecule has 2 aromatic heterocycles. The van der Waals surface area contributed by atoms with E-state index in [2.05, 4.69) is 38.0 Å².